The van der Waals surface area contributed by atoms with E-state index >= 15 is 0 Å². The van der Waals surface area contributed by atoms with Gasteiger partial charge in [0.2, 0.25) is 5.91 Å². The second-order valence-electron chi connectivity index (χ2n) is 4.86. The van der Waals surface area contributed by atoms with Crippen LogP contribution in [0.5, 0.6) is 0 Å². The van der Waals surface area contributed by atoms with Crippen molar-refractivity contribution < 1.29 is 19.1 Å². The first kappa shape index (κ1) is 15.0. The Bertz CT molecular complexity index is 569. The van der Waals surface area contributed by atoms with Crippen LogP contribution >= 0.6 is 0 Å². The van der Waals surface area contributed by atoms with Gasteiger partial charge in [0.25, 0.3) is 5.91 Å². The molecule has 2 rings (SSSR count). The average molecular weight is 290 g/mol. The van der Waals surface area contributed by atoms with Crippen LogP contribution in [0.25, 0.3) is 0 Å². The normalized spacial score (nSPS) is 12.4. The van der Waals surface area contributed by atoms with E-state index in [0.29, 0.717) is 5.56 Å². The van der Waals surface area contributed by atoms with Crippen LogP contribution in [0.1, 0.15) is 27.9 Å². The van der Waals surface area contributed by atoms with Crippen molar-refractivity contribution in [3.63, 3.8) is 0 Å². The largest absolute Gasteiger partial charge is 0.452 e. The molecule has 0 aromatic heterocycles. The van der Waals surface area contributed by atoms with Gasteiger partial charge in [-0.1, -0.05) is 6.07 Å². The summed E-state index contributed by atoms with van der Waals surface area (Å²) in [5.74, 6) is -1.35. The van der Waals surface area contributed by atoms with E-state index in [-0.39, 0.29) is 12.5 Å². The van der Waals surface area contributed by atoms with Gasteiger partial charge >= 0.3 is 5.97 Å². The molecule has 1 aromatic rings. The minimum Gasteiger partial charge on any atom is -0.452 e. The molecule has 0 saturated carbocycles. The smallest absolute Gasteiger partial charge is 0.338 e. The Balaban J connectivity index is 1.82. The molecule has 0 unspecified atom stereocenters. The molecule has 1 aromatic carbocycles. The maximum Gasteiger partial charge on any atom is 0.338 e. The van der Waals surface area contributed by atoms with Crippen molar-refractivity contribution in [1.82, 2.24) is 10.6 Å². The summed E-state index contributed by atoms with van der Waals surface area (Å²) in [5.41, 5.74) is 2.90. The third kappa shape index (κ3) is 4.05. The van der Waals surface area contributed by atoms with Gasteiger partial charge in [-0.25, -0.2) is 4.79 Å². The highest BCUT2D eigenvalue weighted by Crippen LogP contribution is 2.23. The Labute approximate surface area is 122 Å². The Kier molecular flexibility index (Phi) is 4.92. The summed E-state index contributed by atoms with van der Waals surface area (Å²) in [7, 11) is 1.47. The molecule has 0 atom stereocenters. The molecule has 112 valence electrons. The fourth-order valence-corrected chi connectivity index (χ4v) is 2.23. The second-order valence-corrected chi connectivity index (χ2v) is 4.86. The molecule has 1 aliphatic rings. The second kappa shape index (κ2) is 6.88. The molecule has 0 radical (unpaired) electrons. The number of rotatable bonds is 5. The summed E-state index contributed by atoms with van der Waals surface area (Å²) < 4.78 is 4.93. The first-order valence-corrected chi connectivity index (χ1v) is 6.86. The third-order valence-electron chi connectivity index (χ3n) is 3.39. The number of hydrogen-bond donors (Lipinski definition) is 2. The molecular formula is C15H18N2O4. The van der Waals surface area contributed by atoms with E-state index in [1.165, 1.54) is 18.2 Å². The van der Waals surface area contributed by atoms with Gasteiger partial charge in [-0.2, -0.15) is 0 Å². The first-order valence-electron chi connectivity index (χ1n) is 6.86. The van der Waals surface area contributed by atoms with E-state index in [0.717, 1.165) is 19.3 Å². The van der Waals surface area contributed by atoms with Crippen molar-refractivity contribution in [1.29, 1.82) is 0 Å². The fraction of sp³-hybridized carbons (Fsp3) is 0.400. The monoisotopic (exact) mass is 290 g/mol. The number of nitrogens with one attached hydrogen (secondary N) is 2. The number of likely N-dealkylation sites (N-methyl/N-ethyl adjacent to an activating group) is 1. The number of benzene rings is 1. The van der Waals surface area contributed by atoms with Gasteiger partial charge in [0.05, 0.1) is 12.1 Å². The number of carbonyl (C=O) groups excluding carboxylic acids is 3. The highest BCUT2D eigenvalue weighted by Gasteiger charge is 2.15. The fourth-order valence-electron chi connectivity index (χ4n) is 2.23. The van der Waals surface area contributed by atoms with E-state index in [2.05, 4.69) is 10.6 Å². The molecule has 0 spiro atoms. The average Bonchev–Trinajstić information content (AvgIpc) is 2.97. The lowest BCUT2D eigenvalue weighted by atomic mass is 10.1. The lowest BCUT2D eigenvalue weighted by Crippen LogP contribution is -2.37. The minimum absolute atomic E-state index is 0.133. The van der Waals surface area contributed by atoms with Gasteiger partial charge in [-0.05, 0) is 42.5 Å². The standard InChI is InChI=1S/C15H18N2O4/c1-16-13(18)8-17-14(19)9-21-15(20)12-6-5-10-3-2-4-11(10)7-12/h5-7H,2-4,8-9H2,1H3,(H,16,18)(H,17,19). The van der Waals surface area contributed by atoms with Crippen molar-refractivity contribution in [3.8, 4) is 0 Å². The summed E-state index contributed by atoms with van der Waals surface area (Å²) in [6, 6.07) is 5.48. The van der Waals surface area contributed by atoms with Crippen LogP contribution in [0.15, 0.2) is 18.2 Å². The zero-order chi connectivity index (χ0) is 15.2. The number of carbonyl (C=O) groups is 3. The van der Waals surface area contributed by atoms with Crippen LogP contribution in [0.3, 0.4) is 0 Å². The van der Waals surface area contributed by atoms with E-state index in [4.69, 9.17) is 4.74 Å². The Morgan fingerprint density at radius 1 is 1.14 bits per heavy atom. The van der Waals surface area contributed by atoms with Crippen molar-refractivity contribution in [3.05, 3.63) is 34.9 Å². The number of hydrogen-bond acceptors (Lipinski definition) is 4. The van der Waals surface area contributed by atoms with Crippen LogP contribution in [0.2, 0.25) is 0 Å². The highest BCUT2D eigenvalue weighted by molar-refractivity contribution is 5.92. The maximum atomic E-state index is 11.9. The molecule has 6 heteroatoms. The molecule has 6 nitrogen and oxygen atoms in total. The van der Waals surface area contributed by atoms with E-state index in [1.807, 2.05) is 12.1 Å². The van der Waals surface area contributed by atoms with E-state index in [1.54, 1.807) is 6.07 Å². The molecule has 1 aliphatic carbocycles. The predicted molar refractivity (Wildman–Crippen MR) is 75.8 cm³/mol. The molecule has 0 aliphatic heterocycles. The van der Waals surface area contributed by atoms with Gasteiger partial charge in [0.15, 0.2) is 6.61 Å². The summed E-state index contributed by atoms with van der Waals surface area (Å²) in [6.45, 7) is -0.529. The Morgan fingerprint density at radius 2 is 1.90 bits per heavy atom. The molecule has 0 bridgehead atoms. The van der Waals surface area contributed by atoms with Crippen LogP contribution in [0, 0.1) is 0 Å². The number of fused-ring (bicyclic) bond motifs is 1. The van der Waals surface area contributed by atoms with Crippen LogP contribution in [-0.4, -0.2) is 38.0 Å². The van der Waals surface area contributed by atoms with Gasteiger partial charge < -0.3 is 15.4 Å². The van der Waals surface area contributed by atoms with E-state index < -0.39 is 18.5 Å². The number of esters is 1. The predicted octanol–water partition coefficient (Wildman–Crippen LogP) is 0.194. The van der Waals surface area contributed by atoms with Crippen molar-refractivity contribution in [2.45, 2.75) is 19.3 Å². The van der Waals surface area contributed by atoms with Crippen LogP contribution in [0.4, 0.5) is 0 Å². The summed E-state index contributed by atoms with van der Waals surface area (Å²) >= 11 is 0. The third-order valence-corrected chi connectivity index (χ3v) is 3.39. The highest BCUT2D eigenvalue weighted by atomic mass is 16.5. The molecule has 2 amide bonds. The van der Waals surface area contributed by atoms with Gasteiger partial charge in [0.1, 0.15) is 0 Å². The molecule has 2 N–H and O–H groups in total. The quantitative estimate of drug-likeness (QED) is 0.758. The van der Waals surface area contributed by atoms with Crippen LogP contribution < -0.4 is 10.6 Å². The summed E-state index contributed by atoms with van der Waals surface area (Å²) in [4.78, 5) is 34.2. The van der Waals surface area contributed by atoms with E-state index in [9.17, 15) is 14.4 Å². The molecule has 21 heavy (non-hydrogen) atoms. The number of ether oxygens (including phenoxy) is 1. The van der Waals surface area contributed by atoms with Gasteiger partial charge in [0, 0.05) is 7.05 Å². The zero-order valence-corrected chi connectivity index (χ0v) is 11.9. The lowest BCUT2D eigenvalue weighted by Gasteiger charge is -2.07. The Morgan fingerprint density at radius 3 is 2.67 bits per heavy atom. The maximum absolute atomic E-state index is 11.9. The van der Waals surface area contributed by atoms with Crippen molar-refractivity contribution >= 4 is 17.8 Å². The Hall–Kier alpha value is -2.37. The number of aryl methyl sites for hydroxylation is 2. The topological polar surface area (TPSA) is 84.5 Å². The van der Waals surface area contributed by atoms with Gasteiger partial charge in [-0.15, -0.1) is 0 Å². The van der Waals surface area contributed by atoms with Gasteiger partial charge in [-0.3, -0.25) is 9.59 Å². The zero-order valence-electron chi connectivity index (χ0n) is 11.9. The van der Waals surface area contributed by atoms with Crippen LogP contribution in [-0.2, 0) is 27.2 Å². The minimum atomic E-state index is -0.528. The lowest BCUT2D eigenvalue weighted by molar-refractivity contribution is -0.127. The first-order chi connectivity index (χ1) is 10.1. The molecule has 0 heterocycles. The summed E-state index contributed by atoms with van der Waals surface area (Å²) in [5, 5.41) is 4.73. The molecule has 0 saturated heterocycles. The molecule has 0 fully saturated rings. The SMILES string of the molecule is CNC(=O)CNC(=O)COC(=O)c1ccc2c(c1)CCC2. The van der Waals surface area contributed by atoms with Crippen molar-refractivity contribution in [2.24, 2.45) is 0 Å². The molecular weight excluding hydrogens is 272 g/mol. The van der Waals surface area contributed by atoms with Crippen molar-refractivity contribution in [2.75, 3.05) is 20.2 Å². The number of amides is 2. The summed E-state index contributed by atoms with van der Waals surface area (Å²) in [6.07, 6.45) is 3.13.